The van der Waals surface area contributed by atoms with Crippen LogP contribution in [0, 0.1) is 12.7 Å². The molecule has 146 valence electrons. The molecule has 0 aliphatic rings. The van der Waals surface area contributed by atoms with Gasteiger partial charge in [-0.3, -0.25) is 9.71 Å². The summed E-state index contributed by atoms with van der Waals surface area (Å²) in [6, 6.07) is 14.2. The maximum Gasteiger partial charge on any atom is 0.264 e. The molecule has 0 unspecified atom stereocenters. The van der Waals surface area contributed by atoms with Crippen LogP contribution < -0.4 is 4.72 Å². The Hall–Kier alpha value is -3.10. The number of halogens is 1. The molecule has 0 atom stereocenters. The van der Waals surface area contributed by atoms with E-state index in [9.17, 15) is 12.8 Å². The van der Waals surface area contributed by atoms with E-state index in [4.69, 9.17) is 0 Å². The van der Waals surface area contributed by atoms with Gasteiger partial charge in [-0.1, -0.05) is 24.3 Å². The minimum Gasteiger partial charge on any atom is -0.280 e. The van der Waals surface area contributed by atoms with Crippen molar-refractivity contribution in [1.82, 2.24) is 9.97 Å². The van der Waals surface area contributed by atoms with Gasteiger partial charge in [-0.2, -0.15) is 0 Å². The van der Waals surface area contributed by atoms with Gasteiger partial charge in [0.2, 0.25) is 0 Å². The molecule has 2 aromatic carbocycles. The van der Waals surface area contributed by atoms with E-state index >= 15 is 0 Å². The Balaban J connectivity index is 1.62. The SMILES string of the molecule is Cc1ccc(-c2nccs2)cc1-c1ccc(NS(=O)(=O)c2ccncc2F)cc1. The molecule has 4 aromatic rings. The number of aryl methyl sites for hydroxylation is 1. The van der Waals surface area contributed by atoms with Gasteiger partial charge in [-0.05, 0) is 47.9 Å². The minimum atomic E-state index is -4.04. The molecule has 0 aliphatic carbocycles. The lowest BCUT2D eigenvalue weighted by molar-refractivity contribution is 0.566. The second-order valence-electron chi connectivity index (χ2n) is 6.36. The third kappa shape index (κ3) is 4.03. The Morgan fingerprint density at radius 2 is 1.76 bits per heavy atom. The second kappa shape index (κ2) is 7.73. The summed E-state index contributed by atoms with van der Waals surface area (Å²) in [7, 11) is -4.04. The predicted molar refractivity (Wildman–Crippen MR) is 113 cm³/mol. The number of nitrogens with one attached hydrogen (secondary N) is 1. The fourth-order valence-electron chi connectivity index (χ4n) is 2.94. The monoisotopic (exact) mass is 425 g/mol. The molecule has 0 saturated heterocycles. The number of rotatable bonds is 5. The van der Waals surface area contributed by atoms with Crippen LogP contribution in [-0.4, -0.2) is 18.4 Å². The zero-order chi connectivity index (χ0) is 20.4. The standard InChI is InChI=1S/C21H16FN3O2S2/c1-14-2-3-16(21-24-10-11-28-21)12-18(14)15-4-6-17(7-5-15)25-29(26,27)20-8-9-23-13-19(20)22/h2-13,25H,1H3. The fourth-order valence-corrected chi connectivity index (χ4v) is 4.68. The Labute approximate surface area is 172 Å². The lowest BCUT2D eigenvalue weighted by atomic mass is 9.98. The Morgan fingerprint density at radius 1 is 1.00 bits per heavy atom. The number of aromatic nitrogens is 2. The molecule has 0 fully saturated rings. The van der Waals surface area contributed by atoms with Crippen LogP contribution >= 0.6 is 11.3 Å². The van der Waals surface area contributed by atoms with Crippen molar-refractivity contribution in [2.24, 2.45) is 0 Å². The summed E-state index contributed by atoms with van der Waals surface area (Å²) in [5.74, 6) is -0.897. The van der Waals surface area contributed by atoms with E-state index in [0.29, 0.717) is 5.69 Å². The molecule has 0 radical (unpaired) electrons. The fraction of sp³-hybridized carbons (Fsp3) is 0.0476. The lowest BCUT2D eigenvalue weighted by Crippen LogP contribution is -2.14. The normalized spacial score (nSPS) is 11.4. The van der Waals surface area contributed by atoms with E-state index in [2.05, 4.69) is 20.8 Å². The molecule has 2 aromatic heterocycles. The zero-order valence-electron chi connectivity index (χ0n) is 15.3. The summed E-state index contributed by atoms with van der Waals surface area (Å²) in [6.45, 7) is 2.02. The maximum atomic E-state index is 13.8. The van der Waals surface area contributed by atoms with Crippen LogP contribution in [0.5, 0.6) is 0 Å². The van der Waals surface area contributed by atoms with E-state index in [1.165, 1.54) is 6.20 Å². The molecule has 8 heteroatoms. The van der Waals surface area contributed by atoms with Gasteiger partial charge in [0.05, 0.1) is 6.20 Å². The summed E-state index contributed by atoms with van der Waals surface area (Å²) in [6.07, 6.45) is 3.88. The van der Waals surface area contributed by atoms with Gasteiger partial charge >= 0.3 is 0 Å². The topological polar surface area (TPSA) is 72.0 Å². The minimum absolute atomic E-state index is 0.346. The van der Waals surface area contributed by atoms with Gasteiger partial charge in [0.1, 0.15) is 9.90 Å². The van der Waals surface area contributed by atoms with E-state index in [-0.39, 0.29) is 0 Å². The highest BCUT2D eigenvalue weighted by atomic mass is 32.2. The van der Waals surface area contributed by atoms with Gasteiger partial charge in [0.25, 0.3) is 10.0 Å². The predicted octanol–water partition coefficient (Wildman–Crippen LogP) is 5.12. The van der Waals surface area contributed by atoms with E-state index in [1.54, 1.807) is 29.7 Å². The summed E-state index contributed by atoms with van der Waals surface area (Å²) in [5, 5.41) is 2.87. The molecule has 0 saturated carbocycles. The van der Waals surface area contributed by atoms with Crippen LogP contribution in [0.4, 0.5) is 10.1 Å². The molecular weight excluding hydrogens is 409 g/mol. The van der Waals surface area contributed by atoms with Gasteiger partial charge in [0.15, 0.2) is 5.82 Å². The average Bonchev–Trinajstić information content (AvgIpc) is 3.24. The van der Waals surface area contributed by atoms with Crippen LogP contribution in [0.2, 0.25) is 0 Å². The quantitative estimate of drug-likeness (QED) is 0.482. The summed E-state index contributed by atoms with van der Waals surface area (Å²) < 4.78 is 41.0. The Kier molecular flexibility index (Phi) is 5.12. The second-order valence-corrected chi connectivity index (χ2v) is 8.90. The van der Waals surface area contributed by atoms with E-state index in [1.807, 2.05) is 36.6 Å². The van der Waals surface area contributed by atoms with Gasteiger partial charge in [0, 0.05) is 29.0 Å². The largest absolute Gasteiger partial charge is 0.280 e. The number of nitrogens with zero attached hydrogens (tertiary/aromatic N) is 2. The number of hydrogen-bond donors (Lipinski definition) is 1. The molecule has 1 N–H and O–H groups in total. The zero-order valence-corrected chi connectivity index (χ0v) is 17.0. The van der Waals surface area contributed by atoms with E-state index in [0.717, 1.165) is 39.5 Å². The van der Waals surface area contributed by atoms with Crippen molar-refractivity contribution in [3.05, 3.63) is 83.9 Å². The van der Waals surface area contributed by atoms with Crippen molar-refractivity contribution in [2.75, 3.05) is 4.72 Å². The lowest BCUT2D eigenvalue weighted by Gasteiger charge is -2.11. The summed E-state index contributed by atoms with van der Waals surface area (Å²) in [5.41, 5.74) is 4.45. The Bertz CT molecular complexity index is 1260. The number of sulfonamides is 1. The highest BCUT2D eigenvalue weighted by molar-refractivity contribution is 7.92. The molecule has 5 nitrogen and oxygen atoms in total. The maximum absolute atomic E-state index is 13.8. The summed E-state index contributed by atoms with van der Waals surface area (Å²) >= 11 is 1.57. The van der Waals surface area contributed by atoms with Crippen molar-refractivity contribution in [3.63, 3.8) is 0 Å². The van der Waals surface area contributed by atoms with Crippen molar-refractivity contribution in [1.29, 1.82) is 0 Å². The van der Waals surface area contributed by atoms with Crippen LogP contribution in [0.25, 0.3) is 21.7 Å². The smallest absolute Gasteiger partial charge is 0.264 e. The van der Waals surface area contributed by atoms with Crippen molar-refractivity contribution < 1.29 is 12.8 Å². The third-order valence-electron chi connectivity index (χ3n) is 4.39. The third-order valence-corrected chi connectivity index (χ3v) is 6.63. The number of anilines is 1. The molecule has 29 heavy (non-hydrogen) atoms. The highest BCUT2D eigenvalue weighted by Gasteiger charge is 2.19. The number of benzene rings is 2. The number of thiazole rings is 1. The van der Waals surface area contributed by atoms with Gasteiger partial charge < -0.3 is 0 Å². The molecule has 2 heterocycles. The molecule has 4 rings (SSSR count). The van der Waals surface area contributed by atoms with E-state index < -0.39 is 20.7 Å². The van der Waals surface area contributed by atoms with Crippen LogP contribution in [0.1, 0.15) is 5.56 Å². The molecule has 0 bridgehead atoms. The molecular formula is C21H16FN3O2S2. The first-order chi connectivity index (χ1) is 13.9. The average molecular weight is 426 g/mol. The molecule has 0 aliphatic heterocycles. The number of hydrogen-bond acceptors (Lipinski definition) is 5. The van der Waals surface area contributed by atoms with Crippen molar-refractivity contribution >= 4 is 27.0 Å². The summed E-state index contributed by atoms with van der Waals surface area (Å²) in [4.78, 5) is 7.48. The number of pyridine rings is 1. The first kappa shape index (κ1) is 19.2. The first-order valence-electron chi connectivity index (χ1n) is 8.67. The molecule has 0 spiro atoms. The van der Waals surface area contributed by atoms with Crippen LogP contribution in [0.3, 0.4) is 0 Å². The first-order valence-corrected chi connectivity index (χ1v) is 11.0. The van der Waals surface area contributed by atoms with Gasteiger partial charge in [-0.25, -0.2) is 17.8 Å². The van der Waals surface area contributed by atoms with Crippen molar-refractivity contribution in [3.8, 4) is 21.7 Å². The van der Waals surface area contributed by atoms with Crippen LogP contribution in [0.15, 0.2) is 77.4 Å². The van der Waals surface area contributed by atoms with Crippen LogP contribution in [-0.2, 0) is 10.0 Å². The van der Waals surface area contributed by atoms with Crippen molar-refractivity contribution in [2.45, 2.75) is 11.8 Å². The van der Waals surface area contributed by atoms with Gasteiger partial charge in [-0.15, -0.1) is 11.3 Å². The highest BCUT2D eigenvalue weighted by Crippen LogP contribution is 2.31. The molecule has 0 amide bonds. The Morgan fingerprint density at radius 3 is 2.45 bits per heavy atom.